The molecule has 0 fully saturated rings. The zero-order chi connectivity index (χ0) is 12.1. The third-order valence-corrected chi connectivity index (χ3v) is 4.58. The van der Waals surface area contributed by atoms with Crippen LogP contribution in [0.3, 0.4) is 0 Å². The summed E-state index contributed by atoms with van der Waals surface area (Å²) in [6.45, 7) is 0. The molecule has 2 aromatic carbocycles. The second kappa shape index (κ2) is 3.75. The maximum absolute atomic E-state index is 2.50. The molecule has 1 atom stereocenters. The molecule has 0 aliphatic heterocycles. The van der Waals surface area contributed by atoms with Crippen LogP contribution in [-0.4, -0.2) is 7.85 Å². The quantitative estimate of drug-likeness (QED) is 0.612. The average molecular weight is 232 g/mol. The van der Waals surface area contributed by atoms with Crippen LogP contribution in [0.5, 0.6) is 0 Å². The minimum Gasteiger partial charge on any atom is -0.0883 e. The average Bonchev–Trinajstić information content (AvgIpc) is 2.77. The summed E-state index contributed by atoms with van der Waals surface area (Å²) in [7, 11) is 2.19. The number of rotatable bonds is 0. The van der Waals surface area contributed by atoms with Crippen LogP contribution >= 0.6 is 0 Å². The molecule has 2 aliphatic rings. The van der Waals surface area contributed by atoms with Crippen molar-refractivity contribution in [2.45, 2.75) is 25.7 Å². The van der Waals surface area contributed by atoms with Crippen LogP contribution in [0.25, 0.3) is 16.3 Å². The van der Waals surface area contributed by atoms with Gasteiger partial charge in [0.25, 0.3) is 0 Å². The molecular weight excluding hydrogens is 215 g/mol. The van der Waals surface area contributed by atoms with Crippen LogP contribution < -0.4 is 5.46 Å². The Balaban J connectivity index is 2.05. The van der Waals surface area contributed by atoms with Gasteiger partial charge in [0.05, 0.1) is 0 Å². The number of hydrogen-bond donors (Lipinski definition) is 0. The summed E-state index contributed by atoms with van der Waals surface area (Å²) in [5, 5.41) is 2.87. The molecule has 0 saturated heterocycles. The summed E-state index contributed by atoms with van der Waals surface area (Å²) in [5.41, 5.74) is 6.16. The largest absolute Gasteiger partial charge is 0.139 e. The van der Waals surface area contributed by atoms with Gasteiger partial charge < -0.3 is 0 Å². The highest BCUT2D eigenvalue weighted by Crippen LogP contribution is 2.45. The van der Waals surface area contributed by atoms with Crippen molar-refractivity contribution in [1.29, 1.82) is 0 Å². The van der Waals surface area contributed by atoms with Crippen molar-refractivity contribution in [2.75, 3.05) is 0 Å². The highest BCUT2D eigenvalue weighted by Gasteiger charge is 2.29. The molecule has 0 amide bonds. The fourth-order valence-corrected chi connectivity index (χ4v) is 3.72. The molecule has 0 N–H and O–H groups in total. The fraction of sp³-hybridized carbons (Fsp3) is 0.294. The molecule has 4 rings (SSSR count). The van der Waals surface area contributed by atoms with Gasteiger partial charge in [0.15, 0.2) is 0 Å². The zero-order valence-corrected chi connectivity index (χ0v) is 10.9. The molecule has 1 unspecified atom stereocenters. The Kier molecular flexibility index (Phi) is 2.17. The maximum Gasteiger partial charge on any atom is 0.139 e. The van der Waals surface area contributed by atoms with Gasteiger partial charge in [-0.05, 0) is 59.1 Å². The number of fused-ring (bicyclic) bond motifs is 5. The van der Waals surface area contributed by atoms with E-state index in [1.165, 1.54) is 41.9 Å². The molecule has 0 spiro atoms. The number of allylic oxidation sites excluding steroid dienone is 2. The second-order valence-corrected chi connectivity index (χ2v) is 5.82. The van der Waals surface area contributed by atoms with E-state index in [0.29, 0.717) is 0 Å². The molecule has 0 aromatic heterocycles. The lowest BCUT2D eigenvalue weighted by Crippen LogP contribution is -2.03. The molecule has 1 heteroatoms. The summed E-state index contributed by atoms with van der Waals surface area (Å²) < 4.78 is 0. The van der Waals surface area contributed by atoms with Gasteiger partial charge in [0, 0.05) is 0 Å². The van der Waals surface area contributed by atoms with Gasteiger partial charge in [0.1, 0.15) is 7.85 Å². The zero-order valence-electron chi connectivity index (χ0n) is 10.9. The first-order valence-electron chi connectivity index (χ1n) is 7.05. The monoisotopic (exact) mass is 232 g/mol. The lowest BCUT2D eigenvalue weighted by Gasteiger charge is -2.17. The van der Waals surface area contributed by atoms with Gasteiger partial charge in [-0.1, -0.05) is 41.9 Å². The van der Waals surface area contributed by atoms with Crippen molar-refractivity contribution in [2.24, 2.45) is 5.92 Å². The molecular formula is C17H17B. The van der Waals surface area contributed by atoms with E-state index in [0.717, 1.165) is 5.92 Å². The van der Waals surface area contributed by atoms with E-state index < -0.39 is 0 Å². The van der Waals surface area contributed by atoms with Gasteiger partial charge in [-0.15, -0.1) is 0 Å². The first-order chi connectivity index (χ1) is 8.83. The highest BCUT2D eigenvalue weighted by atomic mass is 14.3. The van der Waals surface area contributed by atoms with E-state index in [2.05, 4.69) is 44.3 Å². The molecule has 2 aromatic rings. The van der Waals surface area contributed by atoms with Crippen molar-refractivity contribution >= 4 is 29.7 Å². The standard InChI is InChI=1S/C17H17B/c18-14-8-7-11-5-6-13-9-12-3-1-2-4-15(12)17(13)16(11)10-14/h4-8,10,12H,1-3,9,18H2. The predicted octanol–water partition coefficient (Wildman–Crippen LogP) is 2.84. The smallest absolute Gasteiger partial charge is 0.0883 e. The number of benzene rings is 2. The molecule has 0 nitrogen and oxygen atoms in total. The van der Waals surface area contributed by atoms with Gasteiger partial charge in [0.2, 0.25) is 0 Å². The van der Waals surface area contributed by atoms with Crippen LogP contribution in [0.15, 0.2) is 36.4 Å². The topological polar surface area (TPSA) is 0 Å². The Labute approximate surface area is 109 Å². The van der Waals surface area contributed by atoms with Crippen molar-refractivity contribution < 1.29 is 0 Å². The Hall–Kier alpha value is -1.50. The SMILES string of the molecule is Bc1ccc2ccc3c(c2c1)C1=CCCCC1C3. The Morgan fingerprint density at radius 3 is 2.94 bits per heavy atom. The summed E-state index contributed by atoms with van der Waals surface area (Å²) >= 11 is 0. The van der Waals surface area contributed by atoms with E-state index in [1.807, 2.05) is 0 Å². The van der Waals surface area contributed by atoms with Crippen LogP contribution in [-0.2, 0) is 6.42 Å². The predicted molar refractivity (Wildman–Crippen MR) is 81.1 cm³/mol. The maximum atomic E-state index is 2.50. The van der Waals surface area contributed by atoms with Crippen molar-refractivity contribution in [3.63, 3.8) is 0 Å². The van der Waals surface area contributed by atoms with E-state index in [4.69, 9.17) is 0 Å². The van der Waals surface area contributed by atoms with Crippen LogP contribution in [0, 0.1) is 5.92 Å². The minimum absolute atomic E-state index is 0.805. The van der Waals surface area contributed by atoms with Crippen molar-refractivity contribution in [3.8, 4) is 0 Å². The number of hydrogen-bond acceptors (Lipinski definition) is 0. The van der Waals surface area contributed by atoms with Crippen LogP contribution in [0.2, 0.25) is 0 Å². The summed E-state index contributed by atoms with van der Waals surface area (Å²) in [6.07, 6.45) is 7.80. The third kappa shape index (κ3) is 1.40. The lowest BCUT2D eigenvalue weighted by atomic mass is 9.86. The van der Waals surface area contributed by atoms with Gasteiger partial charge in [-0.3, -0.25) is 0 Å². The Morgan fingerprint density at radius 2 is 2.00 bits per heavy atom. The van der Waals surface area contributed by atoms with E-state index >= 15 is 0 Å². The van der Waals surface area contributed by atoms with Crippen LogP contribution in [0.1, 0.15) is 30.4 Å². The molecule has 88 valence electrons. The normalized spacial score (nSPS) is 21.6. The second-order valence-electron chi connectivity index (χ2n) is 5.82. The Bertz CT molecular complexity index is 667. The first kappa shape index (κ1) is 10.4. The minimum atomic E-state index is 0.805. The molecule has 18 heavy (non-hydrogen) atoms. The van der Waals surface area contributed by atoms with Crippen molar-refractivity contribution in [1.82, 2.24) is 0 Å². The molecule has 0 radical (unpaired) electrons. The van der Waals surface area contributed by atoms with E-state index in [1.54, 1.807) is 16.7 Å². The summed E-state index contributed by atoms with van der Waals surface area (Å²) in [4.78, 5) is 0. The Morgan fingerprint density at radius 1 is 1.11 bits per heavy atom. The van der Waals surface area contributed by atoms with E-state index in [-0.39, 0.29) is 0 Å². The molecule has 0 saturated carbocycles. The third-order valence-electron chi connectivity index (χ3n) is 4.58. The van der Waals surface area contributed by atoms with Crippen LogP contribution in [0.4, 0.5) is 0 Å². The highest BCUT2D eigenvalue weighted by molar-refractivity contribution is 6.33. The fourth-order valence-electron chi connectivity index (χ4n) is 3.72. The van der Waals surface area contributed by atoms with Gasteiger partial charge in [-0.25, -0.2) is 0 Å². The van der Waals surface area contributed by atoms with Crippen molar-refractivity contribution in [3.05, 3.63) is 47.5 Å². The van der Waals surface area contributed by atoms with Gasteiger partial charge >= 0.3 is 0 Å². The van der Waals surface area contributed by atoms with Gasteiger partial charge in [-0.2, -0.15) is 0 Å². The van der Waals surface area contributed by atoms with E-state index in [9.17, 15) is 0 Å². The molecule has 0 heterocycles. The molecule has 0 bridgehead atoms. The molecule has 2 aliphatic carbocycles. The first-order valence-corrected chi connectivity index (χ1v) is 7.05. The summed E-state index contributed by atoms with van der Waals surface area (Å²) in [5.74, 6) is 0.805. The summed E-state index contributed by atoms with van der Waals surface area (Å²) in [6, 6.07) is 11.5. The lowest BCUT2D eigenvalue weighted by molar-refractivity contribution is 0.573.